The van der Waals surface area contributed by atoms with Gasteiger partial charge in [0.2, 0.25) is 5.91 Å². The van der Waals surface area contributed by atoms with E-state index in [2.05, 4.69) is 22.1 Å². The molecule has 0 radical (unpaired) electrons. The van der Waals surface area contributed by atoms with Crippen LogP contribution in [0.3, 0.4) is 0 Å². The summed E-state index contributed by atoms with van der Waals surface area (Å²) >= 11 is 0. The lowest BCUT2D eigenvalue weighted by atomic mass is 9.82. The van der Waals surface area contributed by atoms with Gasteiger partial charge in [0.15, 0.2) is 5.78 Å². The lowest BCUT2D eigenvalue weighted by Crippen LogP contribution is -2.55. The fraction of sp³-hybridized carbons (Fsp3) is 0.292. The minimum atomic E-state index is -0.440. The van der Waals surface area contributed by atoms with Gasteiger partial charge >= 0.3 is 0 Å². The van der Waals surface area contributed by atoms with Crippen LogP contribution >= 0.6 is 0 Å². The summed E-state index contributed by atoms with van der Waals surface area (Å²) in [4.78, 5) is 35.2. The van der Waals surface area contributed by atoms with Gasteiger partial charge in [-0.05, 0) is 23.3 Å². The third-order valence-corrected chi connectivity index (χ3v) is 6.06. The summed E-state index contributed by atoms with van der Waals surface area (Å²) in [6.45, 7) is 0.727. The normalized spacial score (nSPS) is 18.8. The first-order valence-corrected chi connectivity index (χ1v) is 10.3. The molecule has 1 aromatic carbocycles. The fourth-order valence-electron chi connectivity index (χ4n) is 4.54. The van der Waals surface area contributed by atoms with Crippen LogP contribution in [0.5, 0.6) is 0 Å². The number of nitrogens with one attached hydrogen (secondary N) is 1. The number of aliphatic hydroxyl groups is 1. The monoisotopic (exact) mass is 401 g/mol. The van der Waals surface area contributed by atoms with Crippen molar-refractivity contribution in [2.24, 2.45) is 5.92 Å². The predicted molar refractivity (Wildman–Crippen MR) is 112 cm³/mol. The van der Waals surface area contributed by atoms with Crippen molar-refractivity contribution >= 4 is 11.7 Å². The Balaban J connectivity index is 1.53. The Morgan fingerprint density at radius 1 is 1.10 bits per heavy atom. The molecule has 6 nitrogen and oxygen atoms in total. The highest BCUT2D eigenvalue weighted by molar-refractivity contribution is 6.04. The highest BCUT2D eigenvalue weighted by atomic mass is 16.3. The number of ketones is 1. The molecule has 1 saturated heterocycles. The molecule has 1 atom stereocenters. The number of aliphatic hydroxyl groups excluding tert-OH is 1. The fourth-order valence-corrected chi connectivity index (χ4v) is 4.54. The second kappa shape index (κ2) is 7.54. The molecule has 0 bridgehead atoms. The lowest BCUT2D eigenvalue weighted by Gasteiger charge is -2.38. The number of pyridine rings is 1. The summed E-state index contributed by atoms with van der Waals surface area (Å²) in [7, 11) is 0. The smallest absolute Gasteiger partial charge is 0.226 e. The second-order valence-corrected chi connectivity index (χ2v) is 8.16. The number of fused-ring (bicyclic) bond motifs is 1. The molecule has 1 unspecified atom stereocenters. The molecule has 5 rings (SSSR count). The molecule has 2 N–H and O–H groups in total. The first-order chi connectivity index (χ1) is 14.6. The number of carbonyl (C=O) groups excluding carboxylic acids is 2. The number of aromatic amines is 1. The topological polar surface area (TPSA) is 86.3 Å². The van der Waals surface area contributed by atoms with E-state index in [9.17, 15) is 14.7 Å². The Labute approximate surface area is 174 Å². The van der Waals surface area contributed by atoms with Crippen LogP contribution in [0.4, 0.5) is 0 Å². The Morgan fingerprint density at radius 2 is 1.83 bits per heavy atom. The molecule has 152 valence electrons. The summed E-state index contributed by atoms with van der Waals surface area (Å²) in [5.74, 6) is -0.395. The van der Waals surface area contributed by atoms with E-state index in [1.165, 1.54) is 0 Å². The third-order valence-electron chi connectivity index (χ3n) is 6.06. The number of nitrogens with zero attached hydrogens (tertiary/aromatic N) is 2. The average molecular weight is 401 g/mol. The van der Waals surface area contributed by atoms with E-state index < -0.39 is 6.10 Å². The molecule has 0 spiro atoms. The predicted octanol–water partition coefficient (Wildman–Crippen LogP) is 2.62. The molecule has 1 aliphatic carbocycles. The molecule has 0 saturated carbocycles. The maximum atomic E-state index is 13.2. The summed E-state index contributed by atoms with van der Waals surface area (Å²) in [5.41, 5.74) is 5.59. The van der Waals surface area contributed by atoms with Crippen LogP contribution in [0.2, 0.25) is 0 Å². The zero-order valence-electron chi connectivity index (χ0n) is 16.5. The van der Waals surface area contributed by atoms with Crippen LogP contribution in [0.25, 0.3) is 11.3 Å². The number of carbonyl (C=O) groups is 2. The Morgan fingerprint density at radius 3 is 2.53 bits per heavy atom. The number of β-amino-alcohol motifs (C(OH)–C–C–N with tert-alkyl or cyclic N) is 1. The Kier molecular flexibility index (Phi) is 4.71. The SMILES string of the molecule is O=C1CC(C(=O)N2CC(O)C2)Cc2[nH]c(-c3ccncc3)c(Cc3ccccc3)c21. The van der Waals surface area contributed by atoms with E-state index in [1.54, 1.807) is 17.3 Å². The number of likely N-dealkylation sites (tertiary alicyclic amines) is 1. The number of Topliss-reactive ketones (excluding diaryl/α,β-unsaturated/α-hetero) is 1. The first kappa shape index (κ1) is 18.8. The molecule has 2 aromatic heterocycles. The number of aromatic nitrogens is 2. The van der Waals surface area contributed by atoms with Crippen LogP contribution in [-0.4, -0.2) is 50.9 Å². The van der Waals surface area contributed by atoms with Crippen molar-refractivity contribution < 1.29 is 14.7 Å². The number of hydrogen-bond acceptors (Lipinski definition) is 4. The van der Waals surface area contributed by atoms with E-state index in [4.69, 9.17) is 0 Å². The maximum Gasteiger partial charge on any atom is 0.226 e. The molecule has 6 heteroatoms. The van der Waals surface area contributed by atoms with Gasteiger partial charge in [0.25, 0.3) is 0 Å². The standard InChI is InChI=1S/C24H23N3O3/c28-18-13-27(14-18)24(30)17-11-20-22(21(29)12-17)19(10-15-4-2-1-3-5-15)23(26-20)16-6-8-25-9-7-16/h1-9,17-18,26,28H,10-14H2. The molecule has 2 aliphatic rings. The van der Waals surface area contributed by atoms with Crippen molar-refractivity contribution in [1.29, 1.82) is 0 Å². The van der Waals surface area contributed by atoms with E-state index in [0.29, 0.717) is 25.9 Å². The first-order valence-electron chi connectivity index (χ1n) is 10.3. The van der Waals surface area contributed by atoms with Crippen LogP contribution < -0.4 is 0 Å². The molecular weight excluding hydrogens is 378 g/mol. The van der Waals surface area contributed by atoms with Crippen molar-refractivity contribution in [3.8, 4) is 11.3 Å². The van der Waals surface area contributed by atoms with Gasteiger partial charge in [-0.25, -0.2) is 0 Å². The summed E-state index contributed by atoms with van der Waals surface area (Å²) in [5, 5.41) is 9.51. The van der Waals surface area contributed by atoms with Crippen LogP contribution in [0, 0.1) is 5.92 Å². The summed E-state index contributed by atoms with van der Waals surface area (Å²) < 4.78 is 0. The van der Waals surface area contributed by atoms with E-state index in [0.717, 1.165) is 33.6 Å². The van der Waals surface area contributed by atoms with Crippen LogP contribution in [0.15, 0.2) is 54.9 Å². The number of amides is 1. The minimum Gasteiger partial charge on any atom is -0.389 e. The van der Waals surface area contributed by atoms with Gasteiger partial charge in [0, 0.05) is 61.6 Å². The van der Waals surface area contributed by atoms with E-state index in [-0.39, 0.29) is 24.0 Å². The van der Waals surface area contributed by atoms with Gasteiger partial charge < -0.3 is 15.0 Å². The second-order valence-electron chi connectivity index (χ2n) is 8.16. The molecule has 1 amide bonds. The molecule has 3 aromatic rings. The molecule has 30 heavy (non-hydrogen) atoms. The summed E-state index contributed by atoms with van der Waals surface area (Å²) in [6, 6.07) is 14.0. The Hall–Kier alpha value is -3.25. The van der Waals surface area contributed by atoms with Gasteiger partial charge in [-0.15, -0.1) is 0 Å². The lowest BCUT2D eigenvalue weighted by molar-refractivity contribution is -0.145. The molecular formula is C24H23N3O3. The summed E-state index contributed by atoms with van der Waals surface area (Å²) in [6.07, 6.45) is 4.42. The minimum absolute atomic E-state index is 0.0122. The van der Waals surface area contributed by atoms with Crippen molar-refractivity contribution in [1.82, 2.24) is 14.9 Å². The number of benzene rings is 1. The van der Waals surface area contributed by atoms with Gasteiger partial charge in [-0.2, -0.15) is 0 Å². The zero-order valence-corrected chi connectivity index (χ0v) is 16.5. The number of hydrogen-bond donors (Lipinski definition) is 2. The quantitative estimate of drug-likeness (QED) is 0.704. The van der Waals surface area contributed by atoms with E-state index >= 15 is 0 Å². The van der Waals surface area contributed by atoms with Gasteiger partial charge in [-0.3, -0.25) is 14.6 Å². The highest BCUT2D eigenvalue weighted by Crippen LogP contribution is 2.36. The third kappa shape index (κ3) is 3.33. The molecule has 3 heterocycles. The maximum absolute atomic E-state index is 13.2. The van der Waals surface area contributed by atoms with Crippen molar-refractivity contribution in [3.05, 3.63) is 77.2 Å². The van der Waals surface area contributed by atoms with Crippen LogP contribution in [-0.2, 0) is 17.6 Å². The van der Waals surface area contributed by atoms with Crippen molar-refractivity contribution in [2.75, 3.05) is 13.1 Å². The number of H-pyrrole nitrogens is 1. The molecule has 1 fully saturated rings. The highest BCUT2D eigenvalue weighted by Gasteiger charge is 2.39. The Bertz CT molecular complexity index is 1090. The van der Waals surface area contributed by atoms with Crippen LogP contribution in [0.1, 0.15) is 33.6 Å². The van der Waals surface area contributed by atoms with E-state index in [1.807, 2.05) is 30.3 Å². The van der Waals surface area contributed by atoms with Gasteiger partial charge in [0.05, 0.1) is 17.7 Å². The average Bonchev–Trinajstić information content (AvgIpc) is 3.11. The van der Waals surface area contributed by atoms with Gasteiger partial charge in [0.1, 0.15) is 0 Å². The van der Waals surface area contributed by atoms with Gasteiger partial charge in [-0.1, -0.05) is 30.3 Å². The zero-order chi connectivity index (χ0) is 20.7. The van der Waals surface area contributed by atoms with Crippen molar-refractivity contribution in [3.63, 3.8) is 0 Å². The number of rotatable bonds is 4. The van der Waals surface area contributed by atoms with Crippen molar-refractivity contribution in [2.45, 2.75) is 25.4 Å². The molecule has 1 aliphatic heterocycles. The largest absolute Gasteiger partial charge is 0.389 e.